The number of nitrogens with zero attached hydrogens (tertiary/aromatic N) is 3. The monoisotopic (exact) mass is 370 g/mol. The largest absolute Gasteiger partial charge is 0.361 e. The smallest absolute Gasteiger partial charge is 0.224 e. The lowest BCUT2D eigenvalue weighted by molar-refractivity contribution is -0.120. The number of rotatable bonds is 7. The third-order valence-corrected chi connectivity index (χ3v) is 5.47. The summed E-state index contributed by atoms with van der Waals surface area (Å²) in [5.74, 6) is 1.31. The zero-order valence-corrected chi connectivity index (χ0v) is 15.8. The van der Waals surface area contributed by atoms with Crippen LogP contribution in [0.15, 0.2) is 27.4 Å². The Hall–Kier alpha value is -2.41. The molecule has 1 N–H and O–H groups in total. The van der Waals surface area contributed by atoms with Crippen LogP contribution in [-0.2, 0) is 17.8 Å². The molecule has 0 spiro atoms. The molecule has 1 saturated carbocycles. The first kappa shape index (κ1) is 17.0. The second kappa shape index (κ2) is 7.07. The first-order valence-electron chi connectivity index (χ1n) is 8.90. The van der Waals surface area contributed by atoms with Crippen molar-refractivity contribution in [2.75, 3.05) is 6.54 Å². The van der Waals surface area contributed by atoms with Crippen molar-refractivity contribution in [2.24, 2.45) is 0 Å². The van der Waals surface area contributed by atoms with Gasteiger partial charge in [0, 0.05) is 34.7 Å². The normalized spacial score (nSPS) is 13.9. The second-order valence-corrected chi connectivity index (χ2v) is 7.57. The van der Waals surface area contributed by atoms with Crippen molar-refractivity contribution in [3.8, 4) is 11.3 Å². The van der Waals surface area contributed by atoms with Crippen molar-refractivity contribution < 1.29 is 9.32 Å². The van der Waals surface area contributed by atoms with Gasteiger partial charge in [0.15, 0.2) is 0 Å². The van der Waals surface area contributed by atoms with Gasteiger partial charge in [-0.15, -0.1) is 0 Å². The molecule has 1 aliphatic rings. The maximum atomic E-state index is 12.2. The third-order valence-electron chi connectivity index (χ3n) is 4.79. The van der Waals surface area contributed by atoms with E-state index in [-0.39, 0.29) is 5.91 Å². The van der Waals surface area contributed by atoms with Crippen LogP contribution < -0.4 is 5.32 Å². The maximum Gasteiger partial charge on any atom is 0.224 e. The molecule has 0 radical (unpaired) electrons. The molecule has 26 heavy (non-hydrogen) atoms. The minimum Gasteiger partial charge on any atom is -0.361 e. The van der Waals surface area contributed by atoms with Gasteiger partial charge in [-0.25, -0.2) is 0 Å². The molecular formula is C19H22N4O2S. The summed E-state index contributed by atoms with van der Waals surface area (Å²) >= 11 is 1.68. The Labute approximate surface area is 156 Å². The van der Waals surface area contributed by atoms with E-state index in [2.05, 4.69) is 38.0 Å². The van der Waals surface area contributed by atoms with Crippen LogP contribution in [-0.4, -0.2) is 27.4 Å². The summed E-state index contributed by atoms with van der Waals surface area (Å²) in [5, 5.41) is 15.8. The minimum absolute atomic E-state index is 0.0161. The number of carbonyl (C=O) groups is 1. The molecule has 0 aromatic carbocycles. The summed E-state index contributed by atoms with van der Waals surface area (Å²) in [6.07, 6.45) is 2.76. The van der Waals surface area contributed by atoms with Crippen molar-refractivity contribution in [2.45, 2.75) is 45.6 Å². The summed E-state index contributed by atoms with van der Waals surface area (Å²) in [6.45, 7) is 4.94. The topological polar surface area (TPSA) is 73.0 Å². The van der Waals surface area contributed by atoms with Crippen molar-refractivity contribution >= 4 is 17.2 Å². The van der Waals surface area contributed by atoms with Gasteiger partial charge < -0.3 is 9.84 Å². The van der Waals surface area contributed by atoms with E-state index < -0.39 is 0 Å². The van der Waals surface area contributed by atoms with E-state index in [1.165, 1.54) is 18.5 Å². The molecule has 0 aliphatic heterocycles. The Kier molecular flexibility index (Phi) is 4.63. The van der Waals surface area contributed by atoms with Crippen LogP contribution in [0.4, 0.5) is 0 Å². The number of amides is 1. The quantitative estimate of drug-likeness (QED) is 0.691. The molecule has 0 saturated heterocycles. The average molecular weight is 370 g/mol. The zero-order valence-electron chi connectivity index (χ0n) is 15.0. The van der Waals surface area contributed by atoms with E-state index >= 15 is 0 Å². The predicted molar refractivity (Wildman–Crippen MR) is 100 cm³/mol. The standard InChI is InChI=1S/C19H22N4O2S/c1-12-16(13(2)25-22-12)9-19(24)20-6-7-23-18(14-3-4-14)10-17(21-23)15-5-8-26-11-15/h5,8,10-11,14H,3-4,6-7,9H2,1-2H3,(H,20,24). The lowest BCUT2D eigenvalue weighted by Gasteiger charge is -2.08. The van der Waals surface area contributed by atoms with Crippen LogP contribution in [0.5, 0.6) is 0 Å². The average Bonchev–Trinajstić information content (AvgIpc) is 3.03. The lowest BCUT2D eigenvalue weighted by Crippen LogP contribution is -2.29. The number of hydrogen-bond acceptors (Lipinski definition) is 5. The Morgan fingerprint density at radius 2 is 2.27 bits per heavy atom. The maximum absolute atomic E-state index is 12.2. The highest BCUT2D eigenvalue weighted by molar-refractivity contribution is 7.08. The fraction of sp³-hybridized carbons (Fsp3) is 0.421. The highest BCUT2D eigenvalue weighted by Gasteiger charge is 2.28. The first-order chi connectivity index (χ1) is 12.6. The van der Waals surface area contributed by atoms with Crippen LogP contribution in [0.25, 0.3) is 11.3 Å². The first-order valence-corrected chi connectivity index (χ1v) is 9.85. The van der Waals surface area contributed by atoms with Crippen LogP contribution in [0.2, 0.25) is 0 Å². The van der Waals surface area contributed by atoms with Gasteiger partial charge in [-0.2, -0.15) is 16.4 Å². The van der Waals surface area contributed by atoms with Crippen molar-refractivity contribution in [1.82, 2.24) is 20.3 Å². The summed E-state index contributed by atoms with van der Waals surface area (Å²) in [7, 11) is 0. The lowest BCUT2D eigenvalue weighted by atomic mass is 10.1. The van der Waals surface area contributed by atoms with E-state index in [0.29, 0.717) is 31.2 Å². The Morgan fingerprint density at radius 1 is 1.42 bits per heavy atom. The fourth-order valence-electron chi connectivity index (χ4n) is 3.15. The number of thiophene rings is 1. The number of carbonyl (C=O) groups excluding carboxylic acids is 1. The molecule has 6 nitrogen and oxygen atoms in total. The highest BCUT2D eigenvalue weighted by Crippen LogP contribution is 2.41. The van der Waals surface area contributed by atoms with E-state index in [1.54, 1.807) is 11.3 Å². The summed E-state index contributed by atoms with van der Waals surface area (Å²) in [6, 6.07) is 4.30. The molecule has 0 atom stereocenters. The van der Waals surface area contributed by atoms with Gasteiger partial charge in [0.1, 0.15) is 5.76 Å². The van der Waals surface area contributed by atoms with E-state index in [4.69, 9.17) is 9.62 Å². The molecule has 0 unspecified atom stereocenters. The SMILES string of the molecule is Cc1noc(C)c1CC(=O)NCCn1nc(-c2ccsc2)cc1C1CC1. The third kappa shape index (κ3) is 3.58. The Morgan fingerprint density at radius 3 is 2.92 bits per heavy atom. The van der Waals surface area contributed by atoms with E-state index in [9.17, 15) is 4.79 Å². The molecular weight excluding hydrogens is 348 g/mol. The number of aromatic nitrogens is 3. The van der Waals surface area contributed by atoms with Crippen molar-refractivity contribution in [3.05, 3.63) is 45.6 Å². The summed E-state index contributed by atoms with van der Waals surface area (Å²) in [4.78, 5) is 12.2. The molecule has 3 aromatic rings. The zero-order chi connectivity index (χ0) is 18.1. The number of nitrogens with one attached hydrogen (secondary N) is 1. The summed E-state index contributed by atoms with van der Waals surface area (Å²) in [5.41, 5.74) is 5.13. The van der Waals surface area contributed by atoms with Crippen LogP contribution in [0.1, 0.15) is 41.5 Å². The summed E-state index contributed by atoms with van der Waals surface area (Å²) < 4.78 is 7.17. The molecule has 1 fully saturated rings. The van der Waals surface area contributed by atoms with Gasteiger partial charge in [-0.3, -0.25) is 9.48 Å². The van der Waals surface area contributed by atoms with Gasteiger partial charge in [-0.1, -0.05) is 5.16 Å². The molecule has 1 aliphatic carbocycles. The van der Waals surface area contributed by atoms with Crippen LogP contribution in [0, 0.1) is 13.8 Å². The van der Waals surface area contributed by atoms with Gasteiger partial charge >= 0.3 is 0 Å². The second-order valence-electron chi connectivity index (χ2n) is 6.79. The predicted octanol–water partition coefficient (Wildman–Crippen LogP) is 3.45. The Balaban J connectivity index is 1.38. The molecule has 7 heteroatoms. The van der Waals surface area contributed by atoms with Crippen molar-refractivity contribution in [1.29, 1.82) is 0 Å². The van der Waals surface area contributed by atoms with E-state index in [1.807, 2.05) is 13.8 Å². The minimum atomic E-state index is -0.0161. The molecule has 136 valence electrons. The Bertz CT molecular complexity index is 887. The highest BCUT2D eigenvalue weighted by atomic mass is 32.1. The molecule has 4 rings (SSSR count). The van der Waals surface area contributed by atoms with Gasteiger partial charge in [0.25, 0.3) is 0 Å². The van der Waals surface area contributed by atoms with Crippen molar-refractivity contribution in [3.63, 3.8) is 0 Å². The van der Waals surface area contributed by atoms with Crippen LogP contribution >= 0.6 is 11.3 Å². The number of hydrogen-bond donors (Lipinski definition) is 1. The van der Waals surface area contributed by atoms with Crippen LogP contribution in [0.3, 0.4) is 0 Å². The van der Waals surface area contributed by atoms with Gasteiger partial charge in [0.05, 0.1) is 24.4 Å². The molecule has 0 bridgehead atoms. The molecule has 1 amide bonds. The van der Waals surface area contributed by atoms with E-state index in [0.717, 1.165) is 22.5 Å². The van der Waals surface area contributed by atoms with Gasteiger partial charge in [0.2, 0.25) is 5.91 Å². The van der Waals surface area contributed by atoms with Gasteiger partial charge in [-0.05, 0) is 44.2 Å². The molecule has 3 heterocycles. The molecule has 3 aromatic heterocycles. The number of aryl methyl sites for hydroxylation is 2. The fourth-order valence-corrected chi connectivity index (χ4v) is 3.80.